The number of amides is 2. The van der Waals surface area contributed by atoms with E-state index in [2.05, 4.69) is 10.3 Å². The number of rotatable bonds is 5. The van der Waals surface area contributed by atoms with Crippen LogP contribution in [-0.4, -0.2) is 54.7 Å². The van der Waals surface area contributed by atoms with E-state index in [1.54, 1.807) is 18.9 Å². The summed E-state index contributed by atoms with van der Waals surface area (Å²) < 4.78 is 10.2. The van der Waals surface area contributed by atoms with Gasteiger partial charge in [-0.2, -0.15) is 0 Å². The minimum Gasteiger partial charge on any atom is -0.497 e. The third-order valence-corrected chi connectivity index (χ3v) is 5.90. The maximum atomic E-state index is 12.7. The van der Waals surface area contributed by atoms with Gasteiger partial charge in [0.15, 0.2) is 0 Å². The first kappa shape index (κ1) is 20.1. The molecule has 0 aliphatic carbocycles. The zero-order valence-electron chi connectivity index (χ0n) is 16.4. The Labute approximate surface area is 168 Å². The molecule has 2 heterocycles. The fraction of sp³-hybridized carbons (Fsp3) is 0.450. The Morgan fingerprint density at radius 2 is 1.93 bits per heavy atom. The first-order valence-corrected chi connectivity index (χ1v) is 10.2. The molecule has 1 fully saturated rings. The predicted molar refractivity (Wildman–Crippen MR) is 108 cm³/mol. The zero-order valence-corrected chi connectivity index (χ0v) is 17.2. The van der Waals surface area contributed by atoms with Gasteiger partial charge in [-0.15, -0.1) is 11.3 Å². The number of hydrogen-bond donors (Lipinski definition) is 1. The van der Waals surface area contributed by atoms with E-state index < -0.39 is 0 Å². The van der Waals surface area contributed by atoms with Crippen molar-refractivity contribution in [1.82, 2.24) is 15.2 Å². The zero-order chi connectivity index (χ0) is 20.1. The van der Waals surface area contributed by atoms with Gasteiger partial charge in [-0.3, -0.25) is 4.79 Å². The van der Waals surface area contributed by atoms with E-state index in [4.69, 9.17) is 9.47 Å². The largest absolute Gasteiger partial charge is 0.497 e. The number of aryl methyl sites for hydroxylation is 1. The molecule has 3 rings (SSSR count). The van der Waals surface area contributed by atoms with Crippen molar-refractivity contribution in [2.75, 3.05) is 26.8 Å². The second-order valence-electron chi connectivity index (χ2n) is 6.60. The first-order valence-electron chi connectivity index (χ1n) is 9.36. The summed E-state index contributed by atoms with van der Waals surface area (Å²) in [7, 11) is 1.63. The number of thiazole rings is 1. The quantitative estimate of drug-likeness (QED) is 0.827. The number of carbonyl (C=O) groups is 2. The third kappa shape index (κ3) is 4.62. The monoisotopic (exact) mass is 403 g/mol. The lowest BCUT2D eigenvalue weighted by Crippen LogP contribution is -2.46. The number of methoxy groups -OCH3 is 1. The van der Waals surface area contributed by atoms with E-state index in [1.165, 1.54) is 11.3 Å². The summed E-state index contributed by atoms with van der Waals surface area (Å²) >= 11 is 1.39. The number of ether oxygens (including phenoxy) is 2. The molecule has 1 aliphatic heterocycles. The number of benzene rings is 1. The lowest BCUT2D eigenvalue weighted by atomic mass is 10.1. The van der Waals surface area contributed by atoms with Gasteiger partial charge in [0.25, 0.3) is 5.91 Å². The Morgan fingerprint density at radius 3 is 2.54 bits per heavy atom. The van der Waals surface area contributed by atoms with Crippen LogP contribution in [0.15, 0.2) is 24.3 Å². The van der Waals surface area contributed by atoms with Crippen molar-refractivity contribution in [2.24, 2.45) is 0 Å². The standard InChI is InChI=1S/C20H25N3O4S/c1-4-27-20(25)23-11-9-15(10-12-23)22-18(24)17-13(2)21-19(28-17)14-5-7-16(26-3)8-6-14/h5-8,15H,4,9-12H2,1-3H3,(H,22,24). The molecule has 1 saturated heterocycles. The van der Waals surface area contributed by atoms with Crippen molar-refractivity contribution < 1.29 is 19.1 Å². The van der Waals surface area contributed by atoms with Crippen LogP contribution in [0.4, 0.5) is 4.79 Å². The molecule has 0 radical (unpaired) electrons. The second-order valence-corrected chi connectivity index (χ2v) is 7.59. The van der Waals surface area contributed by atoms with Gasteiger partial charge in [0.05, 0.1) is 19.4 Å². The van der Waals surface area contributed by atoms with Crippen LogP contribution >= 0.6 is 11.3 Å². The van der Waals surface area contributed by atoms with Gasteiger partial charge < -0.3 is 19.7 Å². The number of aromatic nitrogens is 1. The van der Waals surface area contributed by atoms with Gasteiger partial charge in [-0.05, 0) is 51.0 Å². The topological polar surface area (TPSA) is 80.8 Å². The molecular weight excluding hydrogens is 378 g/mol. The average molecular weight is 404 g/mol. The van der Waals surface area contributed by atoms with Crippen molar-refractivity contribution in [3.8, 4) is 16.3 Å². The highest BCUT2D eigenvalue weighted by Crippen LogP contribution is 2.29. The predicted octanol–water partition coefficient (Wildman–Crippen LogP) is 3.48. The van der Waals surface area contributed by atoms with Crippen molar-refractivity contribution in [3.63, 3.8) is 0 Å². The SMILES string of the molecule is CCOC(=O)N1CCC(NC(=O)c2sc(-c3ccc(OC)cc3)nc2C)CC1. The smallest absolute Gasteiger partial charge is 0.409 e. The molecule has 0 atom stereocenters. The van der Waals surface area contributed by atoms with Crippen molar-refractivity contribution in [1.29, 1.82) is 0 Å². The molecule has 2 aromatic rings. The third-order valence-electron chi connectivity index (χ3n) is 4.70. The van der Waals surface area contributed by atoms with E-state index in [9.17, 15) is 9.59 Å². The van der Waals surface area contributed by atoms with Gasteiger partial charge >= 0.3 is 6.09 Å². The summed E-state index contributed by atoms with van der Waals surface area (Å²) in [5, 5.41) is 3.89. The lowest BCUT2D eigenvalue weighted by Gasteiger charge is -2.31. The maximum Gasteiger partial charge on any atom is 0.409 e. The minimum atomic E-state index is -0.283. The van der Waals surface area contributed by atoms with Crippen LogP contribution in [0.1, 0.15) is 35.1 Å². The van der Waals surface area contributed by atoms with Crippen LogP contribution in [0.3, 0.4) is 0 Å². The molecule has 0 spiro atoms. The minimum absolute atomic E-state index is 0.0455. The van der Waals surface area contributed by atoms with Crippen molar-refractivity contribution in [2.45, 2.75) is 32.7 Å². The van der Waals surface area contributed by atoms with Gasteiger partial charge in [0, 0.05) is 24.7 Å². The number of piperidine rings is 1. The number of hydrogen-bond acceptors (Lipinski definition) is 6. The summed E-state index contributed by atoms with van der Waals surface area (Å²) in [6.07, 6.45) is 1.15. The highest BCUT2D eigenvalue weighted by molar-refractivity contribution is 7.17. The summed E-state index contributed by atoms with van der Waals surface area (Å²) in [4.78, 5) is 31.4. The van der Waals surface area contributed by atoms with E-state index >= 15 is 0 Å². The normalized spacial score (nSPS) is 14.6. The molecule has 1 N–H and O–H groups in total. The van der Waals surface area contributed by atoms with E-state index in [-0.39, 0.29) is 18.0 Å². The molecular formula is C20H25N3O4S. The molecule has 0 bridgehead atoms. The number of carbonyl (C=O) groups excluding carboxylic acids is 2. The molecule has 8 heteroatoms. The molecule has 0 saturated carbocycles. The molecule has 1 aliphatic rings. The fourth-order valence-electron chi connectivity index (χ4n) is 3.14. The average Bonchev–Trinajstić information content (AvgIpc) is 3.10. The first-order chi connectivity index (χ1) is 13.5. The van der Waals surface area contributed by atoms with Crippen LogP contribution < -0.4 is 10.1 Å². The maximum absolute atomic E-state index is 12.7. The number of likely N-dealkylation sites (tertiary alicyclic amines) is 1. The van der Waals surface area contributed by atoms with Crippen LogP contribution in [0.2, 0.25) is 0 Å². The molecule has 1 aromatic heterocycles. The van der Waals surface area contributed by atoms with Gasteiger partial charge in [0.1, 0.15) is 15.6 Å². The molecule has 28 heavy (non-hydrogen) atoms. The Bertz CT molecular complexity index is 826. The Kier molecular flexibility index (Phi) is 6.51. The number of nitrogens with zero attached hydrogens (tertiary/aromatic N) is 2. The van der Waals surface area contributed by atoms with E-state index in [1.807, 2.05) is 31.2 Å². The van der Waals surface area contributed by atoms with Crippen molar-refractivity contribution in [3.05, 3.63) is 34.8 Å². The Balaban J connectivity index is 1.61. The van der Waals surface area contributed by atoms with Crippen LogP contribution in [0.5, 0.6) is 5.75 Å². The molecule has 1 aromatic carbocycles. The van der Waals surface area contributed by atoms with Crippen LogP contribution in [-0.2, 0) is 4.74 Å². The summed E-state index contributed by atoms with van der Waals surface area (Å²) in [6.45, 7) is 5.19. The summed E-state index contributed by atoms with van der Waals surface area (Å²) in [5.74, 6) is 0.675. The lowest BCUT2D eigenvalue weighted by molar-refractivity contribution is 0.0862. The van der Waals surface area contributed by atoms with Gasteiger partial charge in [0.2, 0.25) is 0 Å². The Morgan fingerprint density at radius 1 is 1.25 bits per heavy atom. The summed E-state index contributed by atoms with van der Waals surface area (Å²) in [5.41, 5.74) is 1.67. The van der Waals surface area contributed by atoms with Crippen LogP contribution in [0.25, 0.3) is 10.6 Å². The Hall–Kier alpha value is -2.61. The fourth-order valence-corrected chi connectivity index (χ4v) is 4.11. The van der Waals surface area contributed by atoms with Crippen LogP contribution in [0, 0.1) is 6.92 Å². The highest BCUT2D eigenvalue weighted by atomic mass is 32.1. The van der Waals surface area contributed by atoms with Crippen molar-refractivity contribution >= 4 is 23.3 Å². The second kappa shape index (κ2) is 9.05. The van der Waals surface area contributed by atoms with E-state index in [0.29, 0.717) is 37.4 Å². The van der Waals surface area contributed by atoms with E-state index in [0.717, 1.165) is 22.0 Å². The molecule has 0 unspecified atom stereocenters. The van der Waals surface area contributed by atoms with Gasteiger partial charge in [-0.25, -0.2) is 9.78 Å². The summed E-state index contributed by atoms with van der Waals surface area (Å²) in [6, 6.07) is 7.67. The molecule has 150 valence electrons. The number of nitrogens with one attached hydrogen (secondary N) is 1. The van der Waals surface area contributed by atoms with Gasteiger partial charge in [-0.1, -0.05) is 0 Å². The molecule has 7 nitrogen and oxygen atoms in total. The molecule has 2 amide bonds. The highest BCUT2D eigenvalue weighted by Gasteiger charge is 2.26.